The Hall–Kier alpha value is -2.40. The number of aromatic nitrogens is 1. The minimum Gasteiger partial charge on any atom is -0.481 e. The average Bonchev–Trinajstić information content (AvgIpc) is 3.14. The lowest BCUT2D eigenvalue weighted by Crippen LogP contribution is -1.90. The van der Waals surface area contributed by atoms with E-state index < -0.39 is 5.97 Å². The summed E-state index contributed by atoms with van der Waals surface area (Å²) in [6.45, 7) is 3.43. The van der Waals surface area contributed by atoms with Crippen LogP contribution in [0.1, 0.15) is 25.8 Å². The van der Waals surface area contributed by atoms with Gasteiger partial charge in [-0.15, -0.1) is 11.3 Å². The Morgan fingerprint density at radius 2 is 1.95 bits per heavy atom. The Morgan fingerprint density at radius 3 is 2.50 bits per heavy atom. The van der Waals surface area contributed by atoms with Crippen LogP contribution in [0, 0.1) is 5.41 Å². The fourth-order valence-electron chi connectivity index (χ4n) is 2.07. The highest BCUT2D eigenvalue weighted by atomic mass is 32.1. The summed E-state index contributed by atoms with van der Waals surface area (Å²) in [6.07, 6.45) is 2.28. The van der Waals surface area contributed by atoms with E-state index in [4.69, 9.17) is 10.5 Å². The van der Waals surface area contributed by atoms with Crippen LogP contribution in [-0.2, 0) is 4.79 Å². The average molecular weight is 314 g/mol. The van der Waals surface area contributed by atoms with Gasteiger partial charge >= 0.3 is 5.97 Å². The maximum atomic E-state index is 9.37. The molecule has 0 aliphatic heterocycles. The number of carboxylic acids is 1. The molecule has 3 aromatic rings. The standard InChI is InChI=1S/C14H12N2S.C3H6O2/c1-10(15)12-9-16(14-7-4-8-17-14)13-6-3-2-5-11(12)13;1-2-3(4)5/h2-9,15H,1H3;2H2,1H3,(H,4,5). The molecule has 0 spiro atoms. The molecular formula is C17H18N2O2S. The van der Waals surface area contributed by atoms with Crippen molar-refractivity contribution >= 4 is 33.9 Å². The summed E-state index contributed by atoms with van der Waals surface area (Å²) in [6, 6.07) is 12.4. The molecule has 0 saturated heterocycles. The number of carboxylic acid groups (broad SMARTS) is 1. The number of nitrogens with one attached hydrogen (secondary N) is 1. The van der Waals surface area contributed by atoms with Crippen LogP contribution in [0.15, 0.2) is 48.0 Å². The van der Waals surface area contributed by atoms with Gasteiger partial charge in [-0.25, -0.2) is 0 Å². The molecule has 0 amide bonds. The van der Waals surface area contributed by atoms with Crippen LogP contribution in [0.2, 0.25) is 0 Å². The van der Waals surface area contributed by atoms with Crippen LogP contribution in [-0.4, -0.2) is 21.4 Å². The van der Waals surface area contributed by atoms with Crippen molar-refractivity contribution in [1.29, 1.82) is 5.41 Å². The lowest BCUT2D eigenvalue weighted by atomic mass is 10.1. The number of nitrogens with zero attached hydrogens (tertiary/aromatic N) is 1. The summed E-state index contributed by atoms with van der Waals surface area (Å²) in [5, 5.41) is 20.0. The van der Waals surface area contributed by atoms with Crippen molar-refractivity contribution < 1.29 is 9.90 Å². The summed E-state index contributed by atoms with van der Waals surface area (Å²) in [5.41, 5.74) is 2.78. The second kappa shape index (κ2) is 7.04. The van der Waals surface area contributed by atoms with E-state index in [1.54, 1.807) is 18.3 Å². The minimum absolute atomic E-state index is 0.222. The molecule has 1 aromatic carbocycles. The van der Waals surface area contributed by atoms with Crippen LogP contribution in [0.3, 0.4) is 0 Å². The highest BCUT2D eigenvalue weighted by molar-refractivity contribution is 7.12. The zero-order chi connectivity index (χ0) is 16.1. The first kappa shape index (κ1) is 16.0. The van der Waals surface area contributed by atoms with Gasteiger partial charge in [-0.05, 0) is 30.5 Å². The predicted octanol–water partition coefficient (Wildman–Crippen LogP) is 4.56. The third kappa shape index (κ3) is 3.43. The van der Waals surface area contributed by atoms with Gasteiger partial charge in [-0.2, -0.15) is 0 Å². The van der Waals surface area contributed by atoms with Crippen LogP contribution < -0.4 is 0 Å². The molecule has 0 aliphatic rings. The number of hydrogen-bond donors (Lipinski definition) is 2. The molecule has 3 rings (SSSR count). The zero-order valence-corrected chi connectivity index (χ0v) is 13.4. The monoisotopic (exact) mass is 314 g/mol. The van der Waals surface area contributed by atoms with Gasteiger partial charge in [0, 0.05) is 29.3 Å². The Balaban J connectivity index is 0.000000309. The van der Waals surface area contributed by atoms with E-state index in [-0.39, 0.29) is 6.42 Å². The topological polar surface area (TPSA) is 66.1 Å². The molecule has 0 fully saturated rings. The van der Waals surface area contributed by atoms with Crippen LogP contribution in [0.25, 0.3) is 15.9 Å². The Morgan fingerprint density at radius 1 is 1.27 bits per heavy atom. The number of thiophene rings is 1. The van der Waals surface area contributed by atoms with Gasteiger partial charge in [0.15, 0.2) is 0 Å². The van der Waals surface area contributed by atoms with E-state index in [0.29, 0.717) is 5.71 Å². The number of para-hydroxylation sites is 1. The lowest BCUT2D eigenvalue weighted by Gasteiger charge is -2.00. The van der Waals surface area contributed by atoms with Gasteiger partial charge in [0.05, 0.1) is 10.5 Å². The number of carbonyl (C=O) groups is 1. The first-order chi connectivity index (χ1) is 10.5. The van der Waals surface area contributed by atoms with Gasteiger partial charge in [-0.1, -0.05) is 25.1 Å². The van der Waals surface area contributed by atoms with E-state index in [0.717, 1.165) is 16.5 Å². The van der Waals surface area contributed by atoms with E-state index in [1.165, 1.54) is 5.00 Å². The number of fused-ring (bicyclic) bond motifs is 1. The van der Waals surface area contributed by atoms with Gasteiger partial charge in [0.1, 0.15) is 0 Å². The summed E-state index contributed by atoms with van der Waals surface area (Å²) >= 11 is 1.71. The smallest absolute Gasteiger partial charge is 0.303 e. The molecule has 114 valence electrons. The molecule has 0 atom stereocenters. The number of aliphatic carboxylic acids is 1. The Labute approximate surface area is 133 Å². The highest BCUT2D eigenvalue weighted by Crippen LogP contribution is 2.27. The van der Waals surface area contributed by atoms with Crippen LogP contribution in [0.5, 0.6) is 0 Å². The molecule has 0 unspecified atom stereocenters. The molecule has 0 aliphatic carbocycles. The SMILES string of the molecule is CC(=N)c1cn(-c2cccs2)c2ccccc12.CCC(=O)O. The van der Waals surface area contributed by atoms with Crippen LogP contribution >= 0.6 is 11.3 Å². The molecule has 22 heavy (non-hydrogen) atoms. The molecular weight excluding hydrogens is 296 g/mol. The normalized spacial score (nSPS) is 10.1. The van der Waals surface area contributed by atoms with Crippen molar-refractivity contribution in [3.05, 3.63) is 53.5 Å². The summed E-state index contributed by atoms with van der Waals surface area (Å²) in [5.74, 6) is -0.745. The van der Waals surface area contributed by atoms with E-state index in [9.17, 15) is 4.79 Å². The van der Waals surface area contributed by atoms with Crippen LogP contribution in [0.4, 0.5) is 0 Å². The predicted molar refractivity (Wildman–Crippen MR) is 91.6 cm³/mol. The third-order valence-electron chi connectivity index (χ3n) is 3.16. The zero-order valence-electron chi connectivity index (χ0n) is 12.5. The number of hydrogen-bond acceptors (Lipinski definition) is 3. The van der Waals surface area contributed by atoms with Gasteiger partial charge in [-0.3, -0.25) is 4.79 Å². The molecule has 0 radical (unpaired) electrons. The Bertz CT molecular complexity index is 788. The fourth-order valence-corrected chi connectivity index (χ4v) is 2.79. The molecule has 0 bridgehead atoms. The Kier molecular flexibility index (Phi) is 5.12. The second-order valence-electron chi connectivity index (χ2n) is 4.75. The number of rotatable bonds is 3. The van der Waals surface area contributed by atoms with E-state index >= 15 is 0 Å². The van der Waals surface area contributed by atoms with Crippen molar-refractivity contribution in [3.63, 3.8) is 0 Å². The van der Waals surface area contributed by atoms with Crippen molar-refractivity contribution in [1.82, 2.24) is 4.57 Å². The van der Waals surface area contributed by atoms with Crippen molar-refractivity contribution in [2.45, 2.75) is 20.3 Å². The number of benzene rings is 1. The van der Waals surface area contributed by atoms with E-state index in [2.05, 4.69) is 34.3 Å². The van der Waals surface area contributed by atoms with Crippen molar-refractivity contribution in [2.75, 3.05) is 0 Å². The largest absolute Gasteiger partial charge is 0.481 e. The fraction of sp³-hybridized carbons (Fsp3) is 0.176. The van der Waals surface area contributed by atoms with Crippen molar-refractivity contribution in [2.24, 2.45) is 0 Å². The summed E-state index contributed by atoms with van der Waals surface area (Å²) in [7, 11) is 0. The first-order valence-electron chi connectivity index (χ1n) is 6.95. The molecule has 2 heterocycles. The summed E-state index contributed by atoms with van der Waals surface area (Å²) < 4.78 is 2.16. The minimum atomic E-state index is -0.745. The maximum Gasteiger partial charge on any atom is 0.303 e. The second-order valence-corrected chi connectivity index (χ2v) is 5.68. The van der Waals surface area contributed by atoms with Gasteiger partial charge < -0.3 is 15.1 Å². The molecule has 4 nitrogen and oxygen atoms in total. The van der Waals surface area contributed by atoms with E-state index in [1.807, 2.05) is 25.1 Å². The molecule has 2 aromatic heterocycles. The molecule has 0 saturated carbocycles. The summed E-state index contributed by atoms with van der Waals surface area (Å²) in [4.78, 5) is 9.37. The first-order valence-corrected chi connectivity index (χ1v) is 7.83. The quantitative estimate of drug-likeness (QED) is 0.696. The van der Waals surface area contributed by atoms with Crippen molar-refractivity contribution in [3.8, 4) is 5.00 Å². The third-order valence-corrected chi connectivity index (χ3v) is 4.03. The van der Waals surface area contributed by atoms with Gasteiger partial charge in [0.2, 0.25) is 0 Å². The lowest BCUT2D eigenvalue weighted by molar-refractivity contribution is -0.136. The van der Waals surface area contributed by atoms with Gasteiger partial charge in [0.25, 0.3) is 0 Å². The maximum absolute atomic E-state index is 9.37. The molecule has 5 heteroatoms. The highest BCUT2D eigenvalue weighted by Gasteiger charge is 2.10. The molecule has 2 N–H and O–H groups in total.